The van der Waals surface area contributed by atoms with Crippen molar-refractivity contribution in [3.05, 3.63) is 71.8 Å². The minimum atomic E-state index is -1.18. The summed E-state index contributed by atoms with van der Waals surface area (Å²) in [5.74, 6) is -2.00. The molecule has 154 valence electrons. The van der Waals surface area contributed by atoms with Crippen LogP contribution < -0.4 is 0 Å². The molecule has 0 unspecified atom stereocenters. The Labute approximate surface area is 173 Å². The Morgan fingerprint density at radius 1 is 0.700 bits per heavy atom. The lowest BCUT2D eigenvalue weighted by Crippen LogP contribution is -2.48. The van der Waals surface area contributed by atoms with Crippen LogP contribution in [0, 0.1) is 0 Å². The third-order valence-electron chi connectivity index (χ3n) is 5.45. The Hall–Kier alpha value is -3.36. The zero-order valence-electron chi connectivity index (χ0n) is 16.2. The lowest BCUT2D eigenvalue weighted by atomic mass is 10.1. The van der Waals surface area contributed by atoms with Crippen molar-refractivity contribution in [2.75, 3.05) is 0 Å². The second kappa shape index (κ2) is 8.17. The molecule has 2 atom stereocenters. The molecule has 1 N–H and O–H groups in total. The first-order chi connectivity index (χ1) is 14.5. The van der Waals surface area contributed by atoms with Crippen molar-refractivity contribution in [1.29, 1.82) is 0 Å². The number of hydrogen-bond donors (Lipinski definition) is 1. The van der Waals surface area contributed by atoms with Gasteiger partial charge in [0, 0.05) is 0 Å². The van der Waals surface area contributed by atoms with Crippen LogP contribution in [0.3, 0.4) is 0 Å². The molecule has 2 heterocycles. The van der Waals surface area contributed by atoms with Gasteiger partial charge in [-0.2, -0.15) is 5.06 Å². The fraction of sp³-hybridized carbons (Fsp3) is 0.273. The van der Waals surface area contributed by atoms with Crippen LogP contribution in [-0.2, 0) is 32.3 Å². The van der Waals surface area contributed by atoms with Gasteiger partial charge >= 0.3 is 0 Å². The summed E-state index contributed by atoms with van der Waals surface area (Å²) in [6, 6.07) is 15.7. The number of carbonyl (C=O) groups is 4. The molecule has 30 heavy (non-hydrogen) atoms. The molecule has 2 saturated heterocycles. The molecule has 4 rings (SSSR count). The smallest absolute Gasteiger partial charge is 0.249 e. The fourth-order valence-corrected chi connectivity index (χ4v) is 3.83. The number of hydroxylamine groups is 2. The average Bonchev–Trinajstić information content (AvgIpc) is 3.20. The van der Waals surface area contributed by atoms with Gasteiger partial charge in [-0.05, 0) is 11.1 Å². The maximum Gasteiger partial charge on any atom is 0.249 e. The summed E-state index contributed by atoms with van der Waals surface area (Å²) in [4.78, 5) is 52.4. The number of hydrogen-bond acceptors (Lipinski definition) is 6. The summed E-state index contributed by atoms with van der Waals surface area (Å²) in [7, 11) is 0. The SMILES string of the molecule is O=C1C[C@@H](N(O)[C@@H]2CC(=O)N(Cc3ccccc3)C2=O)C(=O)N1Cc1ccccc1. The van der Waals surface area contributed by atoms with E-state index in [9.17, 15) is 24.4 Å². The highest BCUT2D eigenvalue weighted by Crippen LogP contribution is 2.27. The summed E-state index contributed by atoms with van der Waals surface area (Å²) in [5, 5.41) is 11.2. The van der Waals surface area contributed by atoms with Crippen molar-refractivity contribution in [1.82, 2.24) is 14.9 Å². The topological polar surface area (TPSA) is 98.2 Å². The van der Waals surface area contributed by atoms with Crippen LogP contribution in [0.1, 0.15) is 24.0 Å². The molecule has 4 amide bonds. The van der Waals surface area contributed by atoms with E-state index in [0.717, 1.165) is 20.9 Å². The molecule has 2 aliphatic heterocycles. The molecule has 8 heteroatoms. The molecular weight excluding hydrogens is 386 g/mol. The third kappa shape index (κ3) is 3.74. The van der Waals surface area contributed by atoms with Crippen LogP contribution in [0.4, 0.5) is 0 Å². The van der Waals surface area contributed by atoms with Gasteiger partial charge in [-0.3, -0.25) is 29.0 Å². The van der Waals surface area contributed by atoms with Gasteiger partial charge in [-0.15, -0.1) is 0 Å². The maximum absolute atomic E-state index is 12.8. The van der Waals surface area contributed by atoms with Crippen LogP contribution in [0.15, 0.2) is 60.7 Å². The van der Waals surface area contributed by atoms with Gasteiger partial charge in [0.15, 0.2) is 0 Å². The van der Waals surface area contributed by atoms with Gasteiger partial charge < -0.3 is 5.21 Å². The van der Waals surface area contributed by atoms with Gasteiger partial charge in [0.2, 0.25) is 23.6 Å². The Kier molecular flexibility index (Phi) is 5.43. The second-order valence-electron chi connectivity index (χ2n) is 7.43. The normalized spacial score (nSPS) is 21.9. The molecule has 0 aromatic heterocycles. The molecule has 0 bridgehead atoms. The second-order valence-corrected chi connectivity index (χ2v) is 7.43. The summed E-state index contributed by atoms with van der Waals surface area (Å²) in [6.45, 7) is 0.195. The highest BCUT2D eigenvalue weighted by Gasteiger charge is 2.49. The largest absolute Gasteiger partial charge is 0.312 e. The van der Waals surface area contributed by atoms with Crippen molar-refractivity contribution < 1.29 is 24.4 Å². The van der Waals surface area contributed by atoms with Crippen molar-refractivity contribution in [2.24, 2.45) is 0 Å². The van der Waals surface area contributed by atoms with Crippen LogP contribution in [0.2, 0.25) is 0 Å². The molecule has 2 fully saturated rings. The van der Waals surface area contributed by atoms with Gasteiger partial charge in [-0.1, -0.05) is 60.7 Å². The van der Waals surface area contributed by atoms with Crippen molar-refractivity contribution in [3.63, 3.8) is 0 Å². The molecule has 0 saturated carbocycles. The first-order valence-electron chi connectivity index (χ1n) is 9.69. The molecule has 2 aromatic carbocycles. The zero-order valence-corrected chi connectivity index (χ0v) is 16.2. The minimum absolute atomic E-state index is 0.0977. The van der Waals surface area contributed by atoms with E-state index < -0.39 is 35.7 Å². The lowest BCUT2D eigenvalue weighted by molar-refractivity contribution is -0.177. The Morgan fingerprint density at radius 2 is 1.07 bits per heavy atom. The van der Waals surface area contributed by atoms with E-state index in [1.165, 1.54) is 0 Å². The molecule has 0 aliphatic carbocycles. The van der Waals surface area contributed by atoms with Crippen LogP contribution in [0.25, 0.3) is 0 Å². The van der Waals surface area contributed by atoms with E-state index in [2.05, 4.69) is 0 Å². The fourth-order valence-electron chi connectivity index (χ4n) is 3.83. The first kappa shape index (κ1) is 19.9. The predicted octanol–water partition coefficient (Wildman–Crippen LogP) is 1.33. The highest BCUT2D eigenvalue weighted by molar-refractivity contribution is 6.07. The highest BCUT2D eigenvalue weighted by atomic mass is 16.5. The molecule has 0 spiro atoms. The zero-order chi connectivity index (χ0) is 21.3. The number of rotatable bonds is 6. The summed E-state index contributed by atoms with van der Waals surface area (Å²) < 4.78 is 0. The van der Waals surface area contributed by atoms with Crippen LogP contribution in [-0.4, -0.2) is 55.8 Å². The van der Waals surface area contributed by atoms with Crippen molar-refractivity contribution >= 4 is 23.6 Å². The standard InChI is InChI=1S/C22H21N3O5/c26-19-11-17(21(28)23(19)13-15-7-3-1-4-8-15)25(30)18-12-20(27)24(22(18)29)14-16-9-5-2-6-10-16/h1-10,17-18,30H,11-14H2/t17-,18-/m1/s1. The van der Waals surface area contributed by atoms with Gasteiger partial charge in [0.05, 0.1) is 25.9 Å². The van der Waals surface area contributed by atoms with Crippen LogP contribution >= 0.6 is 0 Å². The average molecular weight is 407 g/mol. The number of carbonyl (C=O) groups excluding carboxylic acids is 4. The van der Waals surface area contributed by atoms with Gasteiger partial charge in [0.25, 0.3) is 0 Å². The Balaban J connectivity index is 1.46. The lowest BCUT2D eigenvalue weighted by Gasteiger charge is -2.25. The summed E-state index contributed by atoms with van der Waals surface area (Å²) in [6.07, 6.45) is -0.475. The molecule has 0 radical (unpaired) electrons. The van der Waals surface area contributed by atoms with E-state index in [0.29, 0.717) is 5.06 Å². The van der Waals surface area contributed by atoms with E-state index in [4.69, 9.17) is 0 Å². The monoisotopic (exact) mass is 407 g/mol. The minimum Gasteiger partial charge on any atom is -0.312 e. The summed E-state index contributed by atoms with van der Waals surface area (Å²) in [5.41, 5.74) is 1.57. The van der Waals surface area contributed by atoms with Crippen LogP contribution in [0.5, 0.6) is 0 Å². The van der Waals surface area contributed by atoms with E-state index in [1.807, 2.05) is 12.1 Å². The Bertz CT molecular complexity index is 899. The van der Waals surface area contributed by atoms with Gasteiger partial charge in [-0.25, -0.2) is 0 Å². The van der Waals surface area contributed by atoms with E-state index in [1.54, 1.807) is 48.5 Å². The molecule has 2 aliphatic rings. The van der Waals surface area contributed by atoms with Crippen molar-refractivity contribution in [3.8, 4) is 0 Å². The quantitative estimate of drug-likeness (QED) is 0.573. The van der Waals surface area contributed by atoms with E-state index >= 15 is 0 Å². The first-order valence-corrected chi connectivity index (χ1v) is 9.69. The molecule has 8 nitrogen and oxygen atoms in total. The van der Waals surface area contributed by atoms with Crippen molar-refractivity contribution in [2.45, 2.75) is 38.0 Å². The third-order valence-corrected chi connectivity index (χ3v) is 5.45. The van der Waals surface area contributed by atoms with E-state index in [-0.39, 0.29) is 25.9 Å². The number of amides is 4. The number of nitrogens with zero attached hydrogens (tertiary/aromatic N) is 3. The number of benzene rings is 2. The maximum atomic E-state index is 12.8. The molecule has 2 aromatic rings. The summed E-state index contributed by atoms with van der Waals surface area (Å²) >= 11 is 0. The van der Waals surface area contributed by atoms with Gasteiger partial charge in [0.1, 0.15) is 12.1 Å². The number of imide groups is 2. The predicted molar refractivity (Wildman–Crippen MR) is 104 cm³/mol. The Morgan fingerprint density at radius 3 is 1.43 bits per heavy atom. The number of likely N-dealkylation sites (tertiary alicyclic amines) is 2. The molecular formula is C22H21N3O5.